The zero-order valence-corrected chi connectivity index (χ0v) is 8.23. The number of oxazole rings is 1. The SMILES string of the molecule is COc1cc(N)c(C(=O)O)c2[nH]c(=O)oc12. The van der Waals surface area contributed by atoms with E-state index in [2.05, 4.69) is 4.98 Å². The predicted octanol–water partition coefficient (Wildman–Crippen LogP) is 0.410. The molecule has 0 amide bonds. The highest BCUT2D eigenvalue weighted by Crippen LogP contribution is 2.31. The van der Waals surface area contributed by atoms with Gasteiger partial charge in [0.2, 0.25) is 0 Å². The number of ether oxygens (including phenoxy) is 1. The van der Waals surface area contributed by atoms with Crippen molar-refractivity contribution in [2.45, 2.75) is 0 Å². The second kappa shape index (κ2) is 3.30. The molecule has 0 saturated carbocycles. The maximum absolute atomic E-state index is 11.0. The number of carbonyl (C=O) groups is 1. The van der Waals surface area contributed by atoms with E-state index in [1.54, 1.807) is 0 Å². The lowest BCUT2D eigenvalue weighted by atomic mass is 10.1. The number of rotatable bonds is 2. The Hall–Kier alpha value is -2.44. The van der Waals surface area contributed by atoms with Gasteiger partial charge in [0.25, 0.3) is 0 Å². The number of nitrogen functional groups attached to an aromatic ring is 1. The van der Waals surface area contributed by atoms with Crippen molar-refractivity contribution in [1.82, 2.24) is 4.98 Å². The van der Waals surface area contributed by atoms with Crippen LogP contribution in [0.4, 0.5) is 5.69 Å². The maximum Gasteiger partial charge on any atom is 0.417 e. The Morgan fingerprint density at radius 3 is 2.88 bits per heavy atom. The number of benzene rings is 1. The highest BCUT2D eigenvalue weighted by Gasteiger charge is 2.20. The number of H-pyrrole nitrogens is 1. The summed E-state index contributed by atoms with van der Waals surface area (Å²) < 4.78 is 9.71. The molecular formula is C9H8N2O5. The van der Waals surface area contributed by atoms with E-state index in [0.29, 0.717) is 0 Å². The lowest BCUT2D eigenvalue weighted by molar-refractivity contribution is 0.0700. The Morgan fingerprint density at radius 2 is 2.31 bits per heavy atom. The number of carboxylic acid groups (broad SMARTS) is 1. The maximum atomic E-state index is 11.0. The number of carboxylic acids is 1. The highest BCUT2D eigenvalue weighted by atomic mass is 16.5. The Bertz CT molecular complexity index is 625. The zero-order chi connectivity index (χ0) is 11.9. The highest BCUT2D eigenvalue weighted by molar-refractivity contribution is 6.07. The molecule has 0 spiro atoms. The number of anilines is 1. The normalized spacial score (nSPS) is 10.6. The number of hydrogen-bond acceptors (Lipinski definition) is 5. The Labute approximate surface area is 88.4 Å². The van der Waals surface area contributed by atoms with Crippen LogP contribution in [0.15, 0.2) is 15.3 Å². The number of aromatic amines is 1. The molecule has 0 aliphatic heterocycles. The standard InChI is InChI=1S/C9H8N2O5/c1-15-4-2-3(10)5(8(12)13)6-7(4)16-9(14)11-6/h2H,10H2,1H3,(H,11,14)(H,12,13). The molecule has 7 heteroatoms. The van der Waals surface area contributed by atoms with Crippen molar-refractivity contribution >= 4 is 22.8 Å². The molecule has 1 aromatic heterocycles. The average molecular weight is 224 g/mol. The van der Waals surface area contributed by atoms with Crippen LogP contribution in [0.1, 0.15) is 10.4 Å². The monoisotopic (exact) mass is 224 g/mol. The summed E-state index contributed by atoms with van der Waals surface area (Å²) in [5, 5.41) is 8.95. The van der Waals surface area contributed by atoms with Gasteiger partial charge in [-0.3, -0.25) is 4.98 Å². The number of nitrogens with two attached hydrogens (primary N) is 1. The third kappa shape index (κ3) is 1.29. The fraction of sp³-hybridized carbons (Fsp3) is 0.111. The van der Waals surface area contributed by atoms with Crippen molar-refractivity contribution < 1.29 is 19.1 Å². The molecule has 1 heterocycles. The second-order valence-electron chi connectivity index (χ2n) is 3.07. The summed E-state index contributed by atoms with van der Waals surface area (Å²) in [4.78, 5) is 24.3. The molecule has 0 unspecified atom stereocenters. The molecule has 84 valence electrons. The number of methoxy groups -OCH3 is 1. The first-order chi connectivity index (χ1) is 7.54. The van der Waals surface area contributed by atoms with Gasteiger partial charge in [-0.15, -0.1) is 0 Å². The van der Waals surface area contributed by atoms with Gasteiger partial charge in [-0.1, -0.05) is 0 Å². The minimum Gasteiger partial charge on any atom is -0.493 e. The molecule has 0 bridgehead atoms. The summed E-state index contributed by atoms with van der Waals surface area (Å²) in [6, 6.07) is 1.29. The van der Waals surface area contributed by atoms with Gasteiger partial charge in [-0.2, -0.15) is 0 Å². The average Bonchev–Trinajstić information content (AvgIpc) is 2.56. The first-order valence-electron chi connectivity index (χ1n) is 4.27. The Balaban J connectivity index is 2.96. The van der Waals surface area contributed by atoms with Gasteiger partial charge in [0, 0.05) is 6.07 Å². The van der Waals surface area contributed by atoms with Gasteiger partial charge >= 0.3 is 11.7 Å². The van der Waals surface area contributed by atoms with E-state index in [0.717, 1.165) is 0 Å². The summed E-state index contributed by atoms with van der Waals surface area (Å²) in [6.45, 7) is 0. The lowest BCUT2D eigenvalue weighted by Gasteiger charge is -2.05. The third-order valence-corrected chi connectivity index (χ3v) is 2.13. The molecule has 0 saturated heterocycles. The van der Waals surface area contributed by atoms with Gasteiger partial charge in [0.1, 0.15) is 11.1 Å². The van der Waals surface area contributed by atoms with Crippen LogP contribution < -0.4 is 16.2 Å². The molecule has 16 heavy (non-hydrogen) atoms. The lowest BCUT2D eigenvalue weighted by Crippen LogP contribution is -2.05. The third-order valence-electron chi connectivity index (χ3n) is 2.13. The van der Waals surface area contributed by atoms with E-state index >= 15 is 0 Å². The predicted molar refractivity (Wildman–Crippen MR) is 54.8 cm³/mol. The van der Waals surface area contributed by atoms with Crippen LogP contribution in [0.2, 0.25) is 0 Å². The van der Waals surface area contributed by atoms with Crippen LogP contribution in [-0.2, 0) is 0 Å². The molecule has 0 fully saturated rings. The molecule has 4 N–H and O–H groups in total. The summed E-state index contributed by atoms with van der Waals surface area (Å²) in [5.41, 5.74) is 5.40. The number of aromatic nitrogens is 1. The van der Waals surface area contributed by atoms with E-state index in [-0.39, 0.29) is 28.1 Å². The van der Waals surface area contributed by atoms with Gasteiger partial charge in [0.15, 0.2) is 11.3 Å². The topological polar surface area (TPSA) is 119 Å². The van der Waals surface area contributed by atoms with Crippen LogP contribution in [0, 0.1) is 0 Å². The Kier molecular flexibility index (Phi) is 2.08. The first kappa shape index (κ1) is 10.1. The first-order valence-corrected chi connectivity index (χ1v) is 4.27. The number of nitrogens with one attached hydrogen (secondary N) is 1. The summed E-state index contributed by atoms with van der Waals surface area (Å²) in [5.74, 6) is -1.81. The molecule has 2 aromatic rings. The number of hydrogen-bond donors (Lipinski definition) is 3. The van der Waals surface area contributed by atoms with Crippen molar-refractivity contribution in [2.24, 2.45) is 0 Å². The van der Waals surface area contributed by atoms with Crippen molar-refractivity contribution in [2.75, 3.05) is 12.8 Å². The van der Waals surface area contributed by atoms with Gasteiger partial charge in [0.05, 0.1) is 12.8 Å². The van der Waals surface area contributed by atoms with Crippen LogP contribution in [0.25, 0.3) is 11.1 Å². The largest absolute Gasteiger partial charge is 0.493 e. The summed E-state index contributed by atoms with van der Waals surface area (Å²) >= 11 is 0. The van der Waals surface area contributed by atoms with E-state index in [9.17, 15) is 9.59 Å². The van der Waals surface area contributed by atoms with Crippen LogP contribution in [0.3, 0.4) is 0 Å². The van der Waals surface area contributed by atoms with Crippen molar-refractivity contribution in [3.8, 4) is 5.75 Å². The number of fused-ring (bicyclic) bond motifs is 1. The zero-order valence-electron chi connectivity index (χ0n) is 8.23. The smallest absolute Gasteiger partial charge is 0.417 e. The molecule has 0 atom stereocenters. The molecule has 7 nitrogen and oxygen atoms in total. The van der Waals surface area contributed by atoms with E-state index in [1.165, 1.54) is 13.2 Å². The van der Waals surface area contributed by atoms with Crippen LogP contribution >= 0.6 is 0 Å². The minimum absolute atomic E-state index is 0.00565. The summed E-state index contributed by atoms with van der Waals surface area (Å²) in [6.07, 6.45) is 0. The molecule has 0 aliphatic carbocycles. The van der Waals surface area contributed by atoms with Gasteiger partial charge < -0.3 is 20.0 Å². The molecule has 0 aliphatic rings. The quantitative estimate of drug-likeness (QED) is 0.635. The van der Waals surface area contributed by atoms with Gasteiger partial charge in [-0.05, 0) is 0 Å². The fourth-order valence-corrected chi connectivity index (χ4v) is 1.48. The van der Waals surface area contributed by atoms with Crippen molar-refractivity contribution in [3.63, 3.8) is 0 Å². The van der Waals surface area contributed by atoms with Crippen molar-refractivity contribution in [3.05, 3.63) is 22.2 Å². The molecular weight excluding hydrogens is 216 g/mol. The molecule has 0 radical (unpaired) electrons. The summed E-state index contributed by atoms with van der Waals surface area (Å²) in [7, 11) is 1.36. The Morgan fingerprint density at radius 1 is 1.62 bits per heavy atom. The van der Waals surface area contributed by atoms with Gasteiger partial charge in [-0.25, -0.2) is 9.59 Å². The molecule has 2 rings (SSSR count). The van der Waals surface area contributed by atoms with Crippen LogP contribution in [0.5, 0.6) is 5.75 Å². The van der Waals surface area contributed by atoms with E-state index in [1.807, 2.05) is 0 Å². The van der Waals surface area contributed by atoms with E-state index < -0.39 is 11.7 Å². The fourth-order valence-electron chi connectivity index (χ4n) is 1.48. The molecule has 1 aromatic carbocycles. The van der Waals surface area contributed by atoms with E-state index in [4.69, 9.17) is 20.0 Å². The number of aromatic carboxylic acids is 1. The second-order valence-corrected chi connectivity index (χ2v) is 3.07. The van der Waals surface area contributed by atoms with Crippen molar-refractivity contribution in [1.29, 1.82) is 0 Å². The minimum atomic E-state index is -1.25. The van der Waals surface area contributed by atoms with Crippen LogP contribution in [-0.4, -0.2) is 23.2 Å².